The zero-order valence-corrected chi connectivity index (χ0v) is 9.35. The summed E-state index contributed by atoms with van der Waals surface area (Å²) in [6.07, 6.45) is 2.10. The van der Waals surface area contributed by atoms with Gasteiger partial charge in [0.2, 0.25) is 0 Å². The van der Waals surface area contributed by atoms with E-state index in [1.54, 1.807) is 0 Å². The predicted octanol–water partition coefficient (Wildman–Crippen LogP) is -0.0253. The molecule has 0 aromatic carbocycles. The molecule has 0 amide bonds. The van der Waals surface area contributed by atoms with Crippen molar-refractivity contribution in [3.05, 3.63) is 11.3 Å². The first-order valence-corrected chi connectivity index (χ1v) is 5.42. The zero-order chi connectivity index (χ0) is 11.7. The quantitative estimate of drug-likeness (QED) is 0.581. The number of nitrogen functional groups attached to an aromatic ring is 1. The van der Waals surface area contributed by atoms with Crippen LogP contribution in [0.5, 0.6) is 0 Å². The molecule has 2 rings (SSSR count). The maximum Gasteiger partial charge on any atom is 0.150 e. The fourth-order valence-corrected chi connectivity index (χ4v) is 2.02. The highest BCUT2D eigenvalue weighted by molar-refractivity contribution is 6.35. The van der Waals surface area contributed by atoms with Crippen LogP contribution in [0.4, 0.5) is 11.6 Å². The van der Waals surface area contributed by atoms with Crippen molar-refractivity contribution in [2.24, 2.45) is 5.73 Å². The Labute approximate surface area is 98.0 Å². The molecular weight excluding hydrogens is 230 g/mol. The van der Waals surface area contributed by atoms with Crippen molar-refractivity contribution in [1.29, 1.82) is 0 Å². The van der Waals surface area contributed by atoms with Gasteiger partial charge in [0.1, 0.15) is 17.2 Å². The van der Waals surface area contributed by atoms with E-state index in [4.69, 9.17) is 23.1 Å². The largest absolute Gasteiger partial charge is 0.391 e. The molecule has 3 atom stereocenters. The summed E-state index contributed by atoms with van der Waals surface area (Å²) in [5.41, 5.74) is 11.3. The van der Waals surface area contributed by atoms with Gasteiger partial charge >= 0.3 is 0 Å². The van der Waals surface area contributed by atoms with Crippen LogP contribution in [-0.4, -0.2) is 33.3 Å². The van der Waals surface area contributed by atoms with Crippen molar-refractivity contribution in [1.82, 2.24) is 9.97 Å². The Balaban J connectivity index is 2.12. The third kappa shape index (κ3) is 2.18. The zero-order valence-electron chi connectivity index (χ0n) is 8.60. The maximum absolute atomic E-state index is 9.72. The number of rotatable bonds is 2. The fourth-order valence-electron chi connectivity index (χ4n) is 1.87. The van der Waals surface area contributed by atoms with Crippen LogP contribution in [0.25, 0.3) is 0 Å². The Morgan fingerprint density at radius 1 is 1.44 bits per heavy atom. The van der Waals surface area contributed by atoms with Crippen LogP contribution in [0.1, 0.15) is 12.8 Å². The van der Waals surface area contributed by atoms with Crippen LogP contribution in [0, 0.1) is 0 Å². The first-order valence-electron chi connectivity index (χ1n) is 5.04. The molecule has 88 valence electrons. The molecule has 1 heterocycles. The van der Waals surface area contributed by atoms with Crippen LogP contribution in [0.3, 0.4) is 0 Å². The van der Waals surface area contributed by atoms with Crippen LogP contribution in [-0.2, 0) is 0 Å². The monoisotopic (exact) mass is 243 g/mol. The molecule has 16 heavy (non-hydrogen) atoms. The Hall–Kier alpha value is -1.11. The topological polar surface area (TPSA) is 110 Å². The lowest BCUT2D eigenvalue weighted by Crippen LogP contribution is -2.28. The lowest BCUT2D eigenvalue weighted by Gasteiger charge is -2.17. The SMILES string of the molecule is Nc1ncnc(N[C@H]2C[C@H](N)C[C@@H]2O)c1Cl. The Bertz CT molecular complexity index is 388. The van der Waals surface area contributed by atoms with Crippen LogP contribution in [0.15, 0.2) is 6.33 Å². The number of aliphatic hydroxyl groups excluding tert-OH is 1. The average Bonchev–Trinajstić information content (AvgIpc) is 2.53. The van der Waals surface area contributed by atoms with Crippen LogP contribution >= 0.6 is 11.6 Å². The van der Waals surface area contributed by atoms with Gasteiger partial charge in [0.25, 0.3) is 0 Å². The van der Waals surface area contributed by atoms with Gasteiger partial charge in [-0.1, -0.05) is 11.6 Å². The van der Waals surface area contributed by atoms with E-state index in [0.717, 1.165) is 0 Å². The van der Waals surface area contributed by atoms with Crippen LogP contribution < -0.4 is 16.8 Å². The van der Waals surface area contributed by atoms with E-state index in [1.165, 1.54) is 6.33 Å². The molecule has 6 nitrogen and oxygen atoms in total. The van der Waals surface area contributed by atoms with E-state index in [0.29, 0.717) is 18.7 Å². The number of halogens is 1. The van der Waals surface area contributed by atoms with Gasteiger partial charge in [-0.05, 0) is 12.8 Å². The molecule has 1 aliphatic carbocycles. The highest BCUT2D eigenvalue weighted by atomic mass is 35.5. The number of hydrogen-bond acceptors (Lipinski definition) is 6. The summed E-state index contributed by atoms with van der Waals surface area (Å²) in [6, 6.07) is -0.132. The summed E-state index contributed by atoms with van der Waals surface area (Å²) in [5.74, 6) is 0.656. The minimum atomic E-state index is -0.484. The second-order valence-electron chi connectivity index (χ2n) is 3.97. The van der Waals surface area contributed by atoms with Crippen molar-refractivity contribution in [2.45, 2.75) is 31.0 Å². The second kappa shape index (κ2) is 4.40. The number of aromatic nitrogens is 2. The normalized spacial score (nSPS) is 29.3. The summed E-state index contributed by atoms with van der Waals surface area (Å²) < 4.78 is 0. The molecular formula is C9H14ClN5O. The van der Waals surface area contributed by atoms with E-state index >= 15 is 0 Å². The predicted molar refractivity (Wildman–Crippen MR) is 62.1 cm³/mol. The van der Waals surface area contributed by atoms with Crippen LogP contribution in [0.2, 0.25) is 5.02 Å². The molecule has 7 heteroatoms. The summed E-state index contributed by atoms with van der Waals surface area (Å²) in [5, 5.41) is 13.0. The van der Waals surface area contributed by atoms with Gasteiger partial charge in [-0.15, -0.1) is 0 Å². The third-order valence-corrected chi connectivity index (χ3v) is 3.08. The standard InChI is InChI=1S/C9H14ClN5O/c10-7-8(12)13-3-14-9(7)15-5-1-4(11)2-6(5)16/h3-6,16H,1-2,11H2,(H3,12,13,14,15)/t4-,5-,6-/m0/s1. The summed E-state index contributed by atoms with van der Waals surface area (Å²) in [4.78, 5) is 7.73. The number of hydrogen-bond donors (Lipinski definition) is 4. The van der Waals surface area contributed by atoms with Crippen molar-refractivity contribution < 1.29 is 5.11 Å². The number of nitrogens with one attached hydrogen (secondary N) is 1. The van der Waals surface area contributed by atoms with Gasteiger partial charge in [0.05, 0.1) is 12.1 Å². The van der Waals surface area contributed by atoms with Gasteiger partial charge in [-0.25, -0.2) is 9.97 Å². The Morgan fingerprint density at radius 3 is 2.81 bits per heavy atom. The minimum absolute atomic E-state index is 0.00506. The average molecular weight is 244 g/mol. The number of anilines is 2. The Kier molecular flexibility index (Phi) is 3.13. The molecule has 0 aliphatic heterocycles. The first kappa shape index (κ1) is 11.4. The number of nitrogens with two attached hydrogens (primary N) is 2. The molecule has 0 saturated heterocycles. The van der Waals surface area contributed by atoms with E-state index in [9.17, 15) is 5.11 Å². The lowest BCUT2D eigenvalue weighted by molar-refractivity contribution is 0.170. The first-order chi connectivity index (χ1) is 7.58. The molecule has 1 fully saturated rings. The van der Waals surface area contributed by atoms with Gasteiger partial charge < -0.3 is 21.9 Å². The van der Waals surface area contributed by atoms with Crippen molar-refractivity contribution in [2.75, 3.05) is 11.1 Å². The Morgan fingerprint density at radius 2 is 2.19 bits per heavy atom. The molecule has 1 aliphatic rings. The molecule has 1 saturated carbocycles. The fraction of sp³-hybridized carbons (Fsp3) is 0.556. The number of aliphatic hydroxyl groups is 1. The van der Waals surface area contributed by atoms with E-state index in [1.807, 2.05) is 0 Å². The van der Waals surface area contributed by atoms with Gasteiger partial charge in [-0.3, -0.25) is 0 Å². The summed E-state index contributed by atoms with van der Waals surface area (Å²) in [6.45, 7) is 0. The van der Waals surface area contributed by atoms with Crippen molar-refractivity contribution in [3.63, 3.8) is 0 Å². The highest BCUT2D eigenvalue weighted by Gasteiger charge is 2.31. The van der Waals surface area contributed by atoms with Gasteiger partial charge in [-0.2, -0.15) is 0 Å². The molecule has 1 aromatic rings. The van der Waals surface area contributed by atoms with Gasteiger partial charge in [0.15, 0.2) is 5.82 Å². The minimum Gasteiger partial charge on any atom is -0.391 e. The molecule has 6 N–H and O–H groups in total. The van der Waals surface area contributed by atoms with Crippen molar-refractivity contribution >= 4 is 23.2 Å². The molecule has 0 spiro atoms. The highest BCUT2D eigenvalue weighted by Crippen LogP contribution is 2.27. The lowest BCUT2D eigenvalue weighted by atomic mass is 10.2. The molecule has 0 radical (unpaired) electrons. The molecule has 1 aromatic heterocycles. The second-order valence-corrected chi connectivity index (χ2v) is 4.35. The molecule has 0 bridgehead atoms. The van der Waals surface area contributed by atoms with Crippen molar-refractivity contribution in [3.8, 4) is 0 Å². The summed E-state index contributed by atoms with van der Waals surface area (Å²) in [7, 11) is 0. The number of nitrogens with zero attached hydrogens (tertiary/aromatic N) is 2. The van der Waals surface area contributed by atoms with Gasteiger partial charge in [0, 0.05) is 6.04 Å². The van der Waals surface area contributed by atoms with E-state index in [-0.39, 0.29) is 22.9 Å². The summed E-state index contributed by atoms with van der Waals surface area (Å²) >= 11 is 5.93. The maximum atomic E-state index is 9.72. The molecule has 0 unspecified atom stereocenters. The smallest absolute Gasteiger partial charge is 0.150 e. The third-order valence-electron chi connectivity index (χ3n) is 2.70. The van der Waals surface area contributed by atoms with E-state index in [2.05, 4.69) is 15.3 Å². The van der Waals surface area contributed by atoms with E-state index < -0.39 is 6.10 Å².